The van der Waals surface area contributed by atoms with Crippen LogP contribution in [0.15, 0.2) is 170 Å². The topological polar surface area (TPSA) is 57.3 Å². The molecule has 6 aromatic carbocycles. The van der Waals surface area contributed by atoms with Gasteiger partial charge < -0.3 is 38.9 Å². The highest BCUT2D eigenvalue weighted by atomic mass is 35.5. The van der Waals surface area contributed by atoms with Gasteiger partial charge in [-0.25, -0.2) is 0 Å². The number of ether oxygens (including phenoxy) is 2. The smallest absolute Gasteiger partial charge is 0.416 e. The number of alkyl halides is 3. The van der Waals surface area contributed by atoms with Gasteiger partial charge in [0.25, 0.3) is 0 Å². The van der Waals surface area contributed by atoms with Crippen LogP contribution in [0.5, 0.6) is 11.5 Å². The Morgan fingerprint density at radius 1 is 0.326 bits per heavy atom. The van der Waals surface area contributed by atoms with E-state index < -0.39 is 11.7 Å². The van der Waals surface area contributed by atoms with Crippen LogP contribution in [0.25, 0.3) is 0 Å². The standard InChI is InChI=1S/C21H30N2O.C20H25F3N2.C20H28N2.C19H26N2O.C19H30N2.C18H23ClN2/c1-24-20-5-3-2-4-19(20)22-6-8-23(9-7-22)21-17-11-15-10-16(13-17)14-18(21)12-15;21-20(22,23)16-2-1-3-17(12-16)24-4-6-25(7-5-24)19-15-9-13-8-14(11-15)18(19)10-13;1-2-4-19(5-3-1)21-6-8-22(9-7-21)20-17-11-15-10-16(13-17)14-18(20)12-15;1-22-19-5-3-2-4-18(19)21-10-8-20(9-11-21)14-17-13-15-6-7-16(17)12-15;1-16-7-6-10-19(17(16)2)21-13-11-20(12-14-21)15-18-8-4-3-5-9-18;19-17-3-5-18(6-4-17)21-9-7-20(8-10-21)13-16-12-14-1-2-15(16)11-14/h2-5,15-18,21H,6-14H2,1H3;1-3,12-15,18-19H,4-11H2;1-5,15-18,20H,6-14H2;2-7,15-17H,8-14H2,1H3;6-7,10,18H,3-5,8-9,11-15H2,1-2H3;1-6,14-16H,7-13H2. The molecular weight excluding hydrogens is 1700 g/mol. The van der Waals surface area contributed by atoms with Crippen molar-refractivity contribution < 1.29 is 22.6 Å². The number of hydrogen-bond acceptors (Lipinski definition) is 14. The lowest BCUT2D eigenvalue weighted by molar-refractivity contribution is -0.137. The number of halogens is 4. The number of hydrogen-bond donors (Lipinski definition) is 0. The fourth-order valence-electron chi connectivity index (χ4n) is 32.2. The maximum absolute atomic E-state index is 12.9. The summed E-state index contributed by atoms with van der Waals surface area (Å²) in [4.78, 5) is 31.2. The molecule has 16 bridgehead atoms. The van der Waals surface area contributed by atoms with Crippen molar-refractivity contribution in [3.8, 4) is 11.5 Å². The summed E-state index contributed by atoms with van der Waals surface area (Å²) in [7, 11) is 3.54. The van der Waals surface area contributed by atoms with Crippen molar-refractivity contribution in [3.63, 3.8) is 0 Å². The summed E-state index contributed by atoms with van der Waals surface area (Å²) in [5.74, 6) is 20.6. The molecule has 6 heterocycles. The van der Waals surface area contributed by atoms with Gasteiger partial charge in [-0.3, -0.25) is 29.4 Å². The lowest BCUT2D eigenvalue weighted by Crippen LogP contribution is -2.60. The summed E-state index contributed by atoms with van der Waals surface area (Å²) in [5.41, 5.74) is 9.72. The van der Waals surface area contributed by atoms with Crippen LogP contribution in [-0.2, 0) is 6.18 Å². The lowest BCUT2D eigenvalue weighted by atomic mass is 9.54. The Bertz CT molecular complexity index is 4780. The summed E-state index contributed by atoms with van der Waals surface area (Å²) in [6.45, 7) is 35.9. The van der Waals surface area contributed by atoms with E-state index in [-0.39, 0.29) is 0 Å². The normalized spacial score (nSPS) is 34.0. The Morgan fingerprint density at radius 3 is 1.17 bits per heavy atom. The number of methoxy groups -OCH3 is 2. The lowest BCUT2D eigenvalue weighted by Gasteiger charge is -2.58. The Kier molecular flexibility index (Phi) is 29.9. The van der Waals surface area contributed by atoms with Crippen molar-refractivity contribution in [2.24, 2.45) is 112 Å². The third-order valence-corrected chi connectivity index (χ3v) is 38.6. The number of aryl methyl sites for hydroxylation is 1. The van der Waals surface area contributed by atoms with E-state index in [1.54, 1.807) is 52.7 Å². The number of nitrogens with zero attached hydrogens (tertiary/aromatic N) is 12. The number of benzene rings is 6. The Hall–Kier alpha value is -6.96. The maximum Gasteiger partial charge on any atom is 0.416 e. The minimum absolute atomic E-state index is 0.544. The molecule has 15 saturated carbocycles. The molecule has 18 heteroatoms. The van der Waals surface area contributed by atoms with Crippen LogP contribution in [0.1, 0.15) is 164 Å². The largest absolute Gasteiger partial charge is 0.495 e. The zero-order valence-electron chi connectivity index (χ0n) is 82.4. The van der Waals surface area contributed by atoms with Gasteiger partial charge in [-0.2, -0.15) is 13.2 Å². The maximum atomic E-state index is 12.9. The Labute approximate surface area is 814 Å². The SMILES string of the molecule is COc1ccccc1N1CCN(C2C3CC4CC(C3)CC2C4)CC1.COc1ccccc1N1CCN(CC2CC3C=CC2C3)CC1.Cc1cccc(N2CCN(CC3CCCCC3)CC2)c1C.Clc1ccc(N2CCN(CC3CC4C=CC3C4)CC2)cc1.FC(F)(F)c1cccc(N2CCN(C3C4CC5CC(C4)C3C5)CC2)c1.c1ccc(N2CCN(C3C4CC5CC(C4)CC3C5)CC2)cc1. The van der Waals surface area contributed by atoms with Crippen LogP contribution in [0, 0.1) is 126 Å². The second-order valence-corrected chi connectivity index (χ2v) is 46.7. The first-order chi connectivity index (χ1) is 66.0. The highest BCUT2D eigenvalue weighted by molar-refractivity contribution is 6.30. The molecule has 0 spiro atoms. The van der Waals surface area contributed by atoms with E-state index in [1.807, 2.05) is 24.3 Å². The number of para-hydroxylation sites is 5. The molecule has 11 unspecified atom stereocenters. The predicted octanol–water partition coefficient (Wildman–Crippen LogP) is 22.2. The average Bonchev–Trinajstić information content (AvgIpc) is 1.70. The van der Waals surface area contributed by atoms with E-state index in [1.165, 1.54) is 272 Å². The van der Waals surface area contributed by atoms with E-state index in [0.29, 0.717) is 5.69 Å². The second kappa shape index (κ2) is 42.8. The second-order valence-electron chi connectivity index (χ2n) is 46.3. The van der Waals surface area contributed by atoms with Crippen molar-refractivity contribution in [1.82, 2.24) is 29.4 Å². The fraction of sp³-hybridized carbons (Fsp3) is 0.658. The predicted molar refractivity (Wildman–Crippen MR) is 551 cm³/mol. The number of fused-ring (bicyclic) bond motifs is 4. The third kappa shape index (κ3) is 21.9. The molecular formula is C117H162ClF3N12O2. The summed E-state index contributed by atoms with van der Waals surface area (Å²) in [6.07, 6.45) is 39.8. The molecule has 0 radical (unpaired) electrons. The third-order valence-electron chi connectivity index (χ3n) is 38.4. The van der Waals surface area contributed by atoms with Gasteiger partial charge in [-0.1, -0.05) is 116 Å². The minimum atomic E-state index is -4.26. The van der Waals surface area contributed by atoms with E-state index in [9.17, 15) is 13.2 Å². The van der Waals surface area contributed by atoms with Crippen LogP contribution < -0.4 is 38.9 Å². The Morgan fingerprint density at radius 2 is 0.711 bits per heavy atom. The highest BCUT2D eigenvalue weighted by Crippen LogP contribution is 2.61. The molecule has 6 aromatic rings. The zero-order valence-corrected chi connectivity index (χ0v) is 83.2. The molecule has 0 amide bonds. The molecule has 730 valence electrons. The van der Waals surface area contributed by atoms with Crippen LogP contribution in [-0.4, -0.2) is 238 Å². The van der Waals surface area contributed by atoms with E-state index in [0.717, 1.165) is 219 Å². The van der Waals surface area contributed by atoms with Crippen LogP contribution >= 0.6 is 11.6 Å². The molecule has 6 saturated heterocycles. The van der Waals surface area contributed by atoms with E-state index >= 15 is 0 Å². The number of anilines is 6. The summed E-state index contributed by atoms with van der Waals surface area (Å²) < 4.78 is 49.9. The van der Waals surface area contributed by atoms with E-state index in [2.05, 4.69) is 200 Å². The van der Waals surface area contributed by atoms with Crippen LogP contribution in [0.3, 0.4) is 0 Å². The quantitative estimate of drug-likeness (QED) is 0.0815. The summed E-state index contributed by atoms with van der Waals surface area (Å²) in [5, 5.41) is 0.821. The summed E-state index contributed by atoms with van der Waals surface area (Å²) in [6, 6.07) is 51.2. The first kappa shape index (κ1) is 94.3. The van der Waals surface area contributed by atoms with Crippen molar-refractivity contribution in [2.75, 3.05) is 220 Å². The van der Waals surface area contributed by atoms with Gasteiger partial charge in [0.15, 0.2) is 0 Å². The van der Waals surface area contributed by atoms with Crippen molar-refractivity contribution >= 4 is 45.7 Å². The van der Waals surface area contributed by atoms with Crippen molar-refractivity contribution in [1.29, 1.82) is 0 Å². The highest BCUT2D eigenvalue weighted by Gasteiger charge is 2.57. The molecule has 6 aliphatic heterocycles. The average molecular weight is 1860 g/mol. The molecule has 11 atom stereocenters. The monoisotopic (exact) mass is 1860 g/mol. The minimum Gasteiger partial charge on any atom is -0.495 e. The molecule has 21 fully saturated rings. The van der Waals surface area contributed by atoms with Crippen LogP contribution in [0.4, 0.5) is 47.3 Å². The first-order valence-corrected chi connectivity index (χ1v) is 55.0. The Balaban J connectivity index is 0.0000000972. The van der Waals surface area contributed by atoms with Crippen molar-refractivity contribution in [3.05, 3.63) is 192 Å². The number of allylic oxidation sites excluding steroid dienone is 4. The molecule has 23 aliphatic rings. The zero-order chi connectivity index (χ0) is 91.6. The molecule has 0 N–H and O–H groups in total. The number of piperazine rings is 6. The molecule has 14 nitrogen and oxygen atoms in total. The van der Waals surface area contributed by atoms with Gasteiger partial charge in [0, 0.05) is 223 Å². The first-order valence-electron chi connectivity index (χ1n) is 54.6. The molecule has 0 aromatic heterocycles. The van der Waals surface area contributed by atoms with E-state index in [4.69, 9.17) is 21.1 Å². The molecule has 29 rings (SSSR count). The number of rotatable bonds is 17. The van der Waals surface area contributed by atoms with Crippen LogP contribution in [0.2, 0.25) is 5.02 Å². The van der Waals surface area contributed by atoms with Gasteiger partial charge in [0.2, 0.25) is 0 Å². The van der Waals surface area contributed by atoms with Gasteiger partial charge >= 0.3 is 6.18 Å². The van der Waals surface area contributed by atoms with Gasteiger partial charge in [-0.15, -0.1) is 0 Å². The molecule has 135 heavy (non-hydrogen) atoms. The summed E-state index contributed by atoms with van der Waals surface area (Å²) >= 11 is 5.97. The molecule has 17 aliphatic carbocycles. The van der Waals surface area contributed by atoms with Gasteiger partial charge in [0.1, 0.15) is 11.5 Å². The van der Waals surface area contributed by atoms with Crippen molar-refractivity contribution in [2.45, 2.75) is 186 Å². The van der Waals surface area contributed by atoms with Gasteiger partial charge in [-0.05, 0) is 351 Å². The van der Waals surface area contributed by atoms with Gasteiger partial charge in [0.05, 0.1) is 31.2 Å². The fourth-order valence-corrected chi connectivity index (χ4v) is 32.4.